The molecule has 0 heterocycles. The molecule has 0 aliphatic rings. The summed E-state index contributed by atoms with van der Waals surface area (Å²) in [6.07, 6.45) is 0. The molecular weight excluding hydrogens is 481 g/mol. The molecule has 0 saturated heterocycles. The van der Waals surface area contributed by atoms with Gasteiger partial charge >= 0.3 is 0 Å². The third kappa shape index (κ3) is 5.33. The Morgan fingerprint density at radius 2 is 1.55 bits per heavy atom. The Morgan fingerprint density at radius 1 is 0.903 bits per heavy atom. The van der Waals surface area contributed by atoms with Crippen molar-refractivity contribution in [2.45, 2.75) is 18.7 Å². The van der Waals surface area contributed by atoms with Crippen LogP contribution in [-0.2, 0) is 14.8 Å². The van der Waals surface area contributed by atoms with Gasteiger partial charge in [0.25, 0.3) is 15.9 Å². The smallest absolute Gasteiger partial charge is 0.278 e. The highest BCUT2D eigenvalue weighted by atomic mass is 35.5. The SMILES string of the molecule is Cc1ccc(C)c(N(C(=O)COc2ccc(Cl)cc2Cl)S(=O)(=O)c2ccc(Cl)cc2)c1. The molecule has 0 aliphatic heterocycles. The summed E-state index contributed by atoms with van der Waals surface area (Å²) in [5, 5.41) is 0.995. The van der Waals surface area contributed by atoms with Crippen molar-refractivity contribution < 1.29 is 17.9 Å². The molecule has 0 aliphatic carbocycles. The Morgan fingerprint density at radius 3 is 2.19 bits per heavy atom. The van der Waals surface area contributed by atoms with Gasteiger partial charge in [0.1, 0.15) is 5.75 Å². The van der Waals surface area contributed by atoms with Crippen molar-refractivity contribution in [3.63, 3.8) is 0 Å². The summed E-state index contributed by atoms with van der Waals surface area (Å²) in [6, 6.07) is 15.3. The van der Waals surface area contributed by atoms with Crippen molar-refractivity contribution in [2.75, 3.05) is 10.9 Å². The van der Waals surface area contributed by atoms with E-state index in [0.717, 1.165) is 9.87 Å². The maximum atomic E-state index is 13.4. The first-order valence-electron chi connectivity index (χ1n) is 9.08. The maximum absolute atomic E-state index is 13.4. The number of aryl methyl sites for hydroxylation is 2. The lowest BCUT2D eigenvalue weighted by molar-refractivity contribution is -0.119. The first-order chi connectivity index (χ1) is 14.6. The molecule has 0 N–H and O–H groups in total. The van der Waals surface area contributed by atoms with Gasteiger partial charge in [-0.05, 0) is 73.5 Å². The van der Waals surface area contributed by atoms with E-state index in [1.54, 1.807) is 25.1 Å². The molecule has 0 atom stereocenters. The molecule has 3 aromatic carbocycles. The summed E-state index contributed by atoms with van der Waals surface area (Å²) >= 11 is 17.9. The number of carbonyl (C=O) groups excluding carboxylic acids is 1. The Kier molecular flexibility index (Phi) is 7.17. The van der Waals surface area contributed by atoms with Crippen LogP contribution in [0.5, 0.6) is 5.75 Å². The Hall–Kier alpha value is -2.25. The lowest BCUT2D eigenvalue weighted by Crippen LogP contribution is -2.40. The zero-order chi connectivity index (χ0) is 22.8. The molecule has 162 valence electrons. The molecule has 3 aromatic rings. The summed E-state index contributed by atoms with van der Waals surface area (Å²) < 4.78 is 33.1. The number of benzene rings is 3. The van der Waals surface area contributed by atoms with Crippen LogP contribution >= 0.6 is 34.8 Å². The van der Waals surface area contributed by atoms with E-state index in [4.69, 9.17) is 39.5 Å². The van der Waals surface area contributed by atoms with Gasteiger partial charge in [-0.15, -0.1) is 0 Å². The zero-order valence-electron chi connectivity index (χ0n) is 16.6. The number of rotatable bonds is 6. The second-order valence-corrected chi connectivity index (χ2v) is 9.84. The predicted octanol–water partition coefficient (Wildman–Crippen LogP) is 6.06. The number of hydrogen-bond acceptors (Lipinski definition) is 4. The lowest BCUT2D eigenvalue weighted by Gasteiger charge is -2.25. The van der Waals surface area contributed by atoms with Crippen molar-refractivity contribution in [3.05, 3.63) is 86.9 Å². The first kappa shape index (κ1) is 23.4. The van der Waals surface area contributed by atoms with E-state index in [-0.39, 0.29) is 21.4 Å². The second kappa shape index (κ2) is 9.49. The van der Waals surface area contributed by atoms with E-state index >= 15 is 0 Å². The molecule has 0 bridgehead atoms. The molecule has 3 rings (SSSR count). The highest BCUT2D eigenvalue weighted by Crippen LogP contribution is 2.30. The van der Waals surface area contributed by atoms with Gasteiger partial charge in [0, 0.05) is 10.0 Å². The molecule has 0 radical (unpaired) electrons. The van der Waals surface area contributed by atoms with Crippen molar-refractivity contribution in [2.24, 2.45) is 0 Å². The van der Waals surface area contributed by atoms with E-state index in [1.165, 1.54) is 36.4 Å². The molecular formula is C22H18Cl3NO4S. The fourth-order valence-electron chi connectivity index (χ4n) is 2.84. The second-order valence-electron chi connectivity index (χ2n) is 6.77. The van der Waals surface area contributed by atoms with Crippen LogP contribution in [0.3, 0.4) is 0 Å². The fraction of sp³-hybridized carbons (Fsp3) is 0.136. The van der Waals surface area contributed by atoms with Crippen LogP contribution in [0.1, 0.15) is 11.1 Å². The van der Waals surface area contributed by atoms with Crippen LogP contribution in [-0.4, -0.2) is 20.9 Å². The largest absolute Gasteiger partial charge is 0.482 e. The Bertz CT molecular complexity index is 1230. The Labute approximate surface area is 196 Å². The van der Waals surface area contributed by atoms with Gasteiger partial charge in [-0.25, -0.2) is 8.42 Å². The molecule has 9 heteroatoms. The lowest BCUT2D eigenvalue weighted by atomic mass is 10.1. The zero-order valence-corrected chi connectivity index (χ0v) is 19.7. The minimum Gasteiger partial charge on any atom is -0.482 e. The van der Waals surface area contributed by atoms with Crippen LogP contribution in [0.4, 0.5) is 5.69 Å². The number of anilines is 1. The van der Waals surface area contributed by atoms with Gasteiger partial charge < -0.3 is 4.74 Å². The van der Waals surface area contributed by atoms with E-state index in [2.05, 4.69) is 0 Å². The quantitative estimate of drug-likeness (QED) is 0.414. The number of halogens is 3. The normalized spacial score (nSPS) is 11.3. The summed E-state index contributed by atoms with van der Waals surface area (Å²) in [5.74, 6) is -0.570. The Balaban J connectivity index is 2.02. The van der Waals surface area contributed by atoms with Gasteiger partial charge in [-0.1, -0.05) is 46.9 Å². The summed E-state index contributed by atoms with van der Waals surface area (Å²) in [7, 11) is -4.24. The number of sulfonamides is 1. The molecule has 5 nitrogen and oxygen atoms in total. The number of carbonyl (C=O) groups is 1. The fourth-order valence-corrected chi connectivity index (χ4v) is 4.89. The van der Waals surface area contributed by atoms with E-state index in [9.17, 15) is 13.2 Å². The summed E-state index contributed by atoms with van der Waals surface area (Å²) in [6.45, 7) is 2.98. The number of hydrogen-bond donors (Lipinski definition) is 0. The number of ether oxygens (including phenoxy) is 1. The van der Waals surface area contributed by atoms with Crippen LogP contribution in [0.15, 0.2) is 65.6 Å². The van der Waals surface area contributed by atoms with Gasteiger partial charge in [0.05, 0.1) is 15.6 Å². The molecule has 1 amide bonds. The molecule has 0 spiro atoms. The highest BCUT2D eigenvalue weighted by molar-refractivity contribution is 7.93. The third-order valence-electron chi connectivity index (χ3n) is 4.41. The van der Waals surface area contributed by atoms with Gasteiger partial charge in [0.2, 0.25) is 0 Å². The topological polar surface area (TPSA) is 63.7 Å². The van der Waals surface area contributed by atoms with Crippen molar-refractivity contribution in [3.8, 4) is 5.75 Å². The van der Waals surface area contributed by atoms with Crippen LogP contribution in [0.2, 0.25) is 15.1 Å². The first-order valence-corrected chi connectivity index (χ1v) is 11.7. The molecule has 0 fully saturated rings. The van der Waals surface area contributed by atoms with Crippen LogP contribution < -0.4 is 9.04 Å². The van der Waals surface area contributed by atoms with E-state index < -0.39 is 22.5 Å². The van der Waals surface area contributed by atoms with Crippen molar-refractivity contribution in [1.29, 1.82) is 0 Å². The minimum atomic E-state index is -4.24. The van der Waals surface area contributed by atoms with E-state index in [1.807, 2.05) is 13.0 Å². The average Bonchev–Trinajstić information content (AvgIpc) is 2.70. The minimum absolute atomic E-state index is 0.0734. The third-order valence-corrected chi connectivity index (χ3v) is 6.94. The van der Waals surface area contributed by atoms with Crippen molar-refractivity contribution >= 4 is 56.4 Å². The van der Waals surface area contributed by atoms with Crippen LogP contribution in [0, 0.1) is 13.8 Å². The van der Waals surface area contributed by atoms with Crippen LogP contribution in [0.25, 0.3) is 0 Å². The number of nitrogens with zero attached hydrogens (tertiary/aromatic N) is 1. The molecule has 0 saturated carbocycles. The standard InChI is InChI=1S/C22H18Cl3NO4S/c1-14-3-4-15(2)20(11-14)26(31(28,29)18-8-5-16(23)6-9-18)22(27)13-30-21-10-7-17(24)12-19(21)25/h3-12H,13H2,1-2H3. The number of amides is 1. The summed E-state index contributed by atoms with van der Waals surface area (Å²) in [4.78, 5) is 13.1. The van der Waals surface area contributed by atoms with Crippen molar-refractivity contribution in [1.82, 2.24) is 0 Å². The summed E-state index contributed by atoms with van der Waals surface area (Å²) in [5.41, 5.74) is 1.65. The van der Waals surface area contributed by atoms with Gasteiger partial charge in [-0.2, -0.15) is 4.31 Å². The van der Waals surface area contributed by atoms with Gasteiger partial charge in [-0.3, -0.25) is 4.79 Å². The molecule has 0 unspecified atom stereocenters. The monoisotopic (exact) mass is 497 g/mol. The maximum Gasteiger partial charge on any atom is 0.278 e. The predicted molar refractivity (Wildman–Crippen MR) is 124 cm³/mol. The van der Waals surface area contributed by atoms with Gasteiger partial charge in [0.15, 0.2) is 6.61 Å². The van der Waals surface area contributed by atoms with E-state index in [0.29, 0.717) is 15.6 Å². The average molecular weight is 499 g/mol. The highest BCUT2D eigenvalue weighted by Gasteiger charge is 2.32. The molecule has 31 heavy (non-hydrogen) atoms. The molecule has 0 aromatic heterocycles.